The predicted molar refractivity (Wildman–Crippen MR) is 78.8 cm³/mol. The largest absolute Gasteiger partial charge is 0.396 e. The lowest BCUT2D eigenvalue weighted by Crippen LogP contribution is -2.34. The summed E-state index contributed by atoms with van der Waals surface area (Å²) < 4.78 is 26.7. The van der Waals surface area contributed by atoms with Crippen LogP contribution in [-0.4, -0.2) is 31.6 Å². The Morgan fingerprint density at radius 1 is 1.43 bits per heavy atom. The third-order valence-corrected chi connectivity index (χ3v) is 4.83. The summed E-state index contributed by atoms with van der Waals surface area (Å²) in [6, 6.07) is 3.18. The molecule has 21 heavy (non-hydrogen) atoms. The predicted octanol–water partition coefficient (Wildman–Crippen LogP) is 1.94. The van der Waals surface area contributed by atoms with E-state index in [4.69, 9.17) is 16.7 Å². The van der Waals surface area contributed by atoms with Gasteiger partial charge in [0.2, 0.25) is 10.0 Å². The van der Waals surface area contributed by atoms with Crippen molar-refractivity contribution in [1.82, 2.24) is 4.72 Å². The number of rotatable bonds is 7. The monoisotopic (exact) mass is 336 g/mol. The first kappa shape index (κ1) is 17.8. The molecule has 0 atom stereocenters. The zero-order valence-electron chi connectivity index (χ0n) is 11.7. The van der Waals surface area contributed by atoms with Crippen molar-refractivity contribution in [3.63, 3.8) is 0 Å². The molecule has 2 N–H and O–H groups in total. The van der Waals surface area contributed by atoms with E-state index in [-0.39, 0.29) is 28.8 Å². The second-order valence-electron chi connectivity index (χ2n) is 5.33. The average Bonchev–Trinajstić information content (AvgIpc) is 2.36. The molecule has 1 rings (SSSR count). The molecule has 1 aromatic rings. The van der Waals surface area contributed by atoms with Gasteiger partial charge in [0.1, 0.15) is 4.90 Å². The van der Waals surface area contributed by atoms with Gasteiger partial charge in [-0.05, 0) is 17.9 Å². The number of benzene rings is 1. The summed E-state index contributed by atoms with van der Waals surface area (Å²) in [7, 11) is -3.87. The van der Waals surface area contributed by atoms with Gasteiger partial charge in [-0.25, -0.2) is 13.1 Å². The Labute approximate surface area is 128 Å². The first-order chi connectivity index (χ1) is 9.59. The van der Waals surface area contributed by atoms with Gasteiger partial charge in [0.05, 0.1) is 9.95 Å². The highest BCUT2D eigenvalue weighted by molar-refractivity contribution is 7.89. The highest BCUT2D eigenvalue weighted by Gasteiger charge is 2.24. The van der Waals surface area contributed by atoms with Gasteiger partial charge in [0, 0.05) is 25.3 Å². The fraction of sp³-hybridized carbons (Fsp3) is 0.500. The number of nitro groups is 1. The molecule has 9 heteroatoms. The summed E-state index contributed by atoms with van der Waals surface area (Å²) in [5.41, 5.74) is -0.700. The van der Waals surface area contributed by atoms with E-state index in [1.54, 1.807) is 0 Å². The van der Waals surface area contributed by atoms with Gasteiger partial charge in [0.25, 0.3) is 5.69 Å². The molecule has 7 nitrogen and oxygen atoms in total. The van der Waals surface area contributed by atoms with Crippen LogP contribution in [0.5, 0.6) is 0 Å². The smallest absolute Gasteiger partial charge is 0.271 e. The van der Waals surface area contributed by atoms with Crippen molar-refractivity contribution in [3.8, 4) is 0 Å². The van der Waals surface area contributed by atoms with Gasteiger partial charge < -0.3 is 5.11 Å². The van der Waals surface area contributed by atoms with Crippen LogP contribution in [0.25, 0.3) is 0 Å². The highest BCUT2D eigenvalue weighted by Crippen LogP contribution is 2.27. The summed E-state index contributed by atoms with van der Waals surface area (Å²) in [4.78, 5) is 9.74. The van der Waals surface area contributed by atoms with Gasteiger partial charge in [0.15, 0.2) is 0 Å². The fourth-order valence-electron chi connectivity index (χ4n) is 1.58. The molecule has 1 aromatic carbocycles. The molecule has 0 aliphatic heterocycles. The SMILES string of the molecule is CC(C)(CCO)CNS(=O)(=O)c1ccc([N+](=O)[O-])cc1Cl. The van der Waals surface area contributed by atoms with Crippen molar-refractivity contribution >= 4 is 27.3 Å². The Morgan fingerprint density at radius 3 is 2.52 bits per heavy atom. The van der Waals surface area contributed by atoms with Crippen molar-refractivity contribution in [1.29, 1.82) is 0 Å². The lowest BCUT2D eigenvalue weighted by molar-refractivity contribution is -0.384. The van der Waals surface area contributed by atoms with Crippen LogP contribution < -0.4 is 4.72 Å². The Morgan fingerprint density at radius 2 is 2.05 bits per heavy atom. The molecule has 0 radical (unpaired) electrons. The molecular weight excluding hydrogens is 320 g/mol. The number of nitrogens with one attached hydrogen (secondary N) is 1. The minimum absolute atomic E-state index is 0.0486. The minimum Gasteiger partial charge on any atom is -0.396 e. The summed E-state index contributed by atoms with van der Waals surface area (Å²) in [5.74, 6) is 0. The fourth-order valence-corrected chi connectivity index (χ4v) is 3.36. The number of hydrogen-bond acceptors (Lipinski definition) is 5. The topological polar surface area (TPSA) is 110 Å². The van der Waals surface area contributed by atoms with E-state index in [9.17, 15) is 18.5 Å². The van der Waals surface area contributed by atoms with Crippen LogP contribution in [0.4, 0.5) is 5.69 Å². The highest BCUT2D eigenvalue weighted by atomic mass is 35.5. The molecule has 0 amide bonds. The van der Waals surface area contributed by atoms with Crippen LogP contribution in [0.2, 0.25) is 5.02 Å². The number of hydrogen-bond donors (Lipinski definition) is 2. The Hall–Kier alpha value is -1.22. The Bertz CT molecular complexity index is 631. The van der Waals surface area contributed by atoms with Gasteiger partial charge in [-0.3, -0.25) is 10.1 Å². The Kier molecular flexibility index (Phi) is 5.68. The second-order valence-corrected chi connectivity index (χ2v) is 7.48. The Balaban J connectivity index is 2.96. The normalized spacial score (nSPS) is 12.4. The molecule has 0 fully saturated rings. The standard InChI is InChI=1S/C12H17ClN2O5S/c1-12(2,5-6-16)8-14-21(19,20)11-4-3-9(15(17)18)7-10(11)13/h3-4,7,14,16H,5-6,8H2,1-2H3. The van der Waals surface area contributed by atoms with Crippen LogP contribution in [-0.2, 0) is 10.0 Å². The molecule has 0 unspecified atom stereocenters. The maximum absolute atomic E-state index is 12.2. The molecular formula is C12H17ClN2O5S. The summed E-state index contributed by atoms with van der Waals surface area (Å²) in [6.45, 7) is 3.68. The molecule has 0 saturated heterocycles. The van der Waals surface area contributed by atoms with E-state index >= 15 is 0 Å². The molecule has 0 bridgehead atoms. The second kappa shape index (κ2) is 6.69. The van der Waals surface area contributed by atoms with E-state index in [0.717, 1.165) is 18.2 Å². The number of aliphatic hydroxyl groups excluding tert-OH is 1. The molecule has 0 saturated carbocycles. The van der Waals surface area contributed by atoms with Crippen molar-refractivity contribution in [2.75, 3.05) is 13.2 Å². The van der Waals surface area contributed by atoms with Crippen molar-refractivity contribution in [3.05, 3.63) is 33.3 Å². The van der Waals surface area contributed by atoms with E-state index in [0.29, 0.717) is 6.42 Å². The summed E-state index contributed by atoms with van der Waals surface area (Å²) in [5, 5.41) is 19.3. The number of nitrogens with zero attached hydrogens (tertiary/aromatic N) is 1. The van der Waals surface area contributed by atoms with E-state index in [1.165, 1.54) is 0 Å². The first-order valence-corrected chi connectivity index (χ1v) is 8.00. The quantitative estimate of drug-likeness (QED) is 0.584. The third kappa shape index (κ3) is 4.92. The van der Waals surface area contributed by atoms with Crippen LogP contribution in [0.1, 0.15) is 20.3 Å². The van der Waals surface area contributed by atoms with Crippen LogP contribution in [0.3, 0.4) is 0 Å². The first-order valence-electron chi connectivity index (χ1n) is 6.13. The summed E-state index contributed by atoms with van der Waals surface area (Å²) in [6.07, 6.45) is 0.434. The number of non-ortho nitro benzene ring substituents is 1. The molecule has 0 aliphatic carbocycles. The molecule has 0 heterocycles. The van der Waals surface area contributed by atoms with Crippen molar-refractivity contribution < 1.29 is 18.4 Å². The third-order valence-electron chi connectivity index (χ3n) is 2.95. The maximum Gasteiger partial charge on any atom is 0.271 e. The zero-order chi connectivity index (χ0) is 16.3. The average molecular weight is 337 g/mol. The van der Waals surface area contributed by atoms with Crippen molar-refractivity contribution in [2.24, 2.45) is 5.41 Å². The number of aliphatic hydroxyl groups is 1. The minimum atomic E-state index is -3.87. The number of sulfonamides is 1. The zero-order valence-corrected chi connectivity index (χ0v) is 13.2. The van der Waals surface area contributed by atoms with E-state index < -0.39 is 20.4 Å². The number of nitro benzene ring substituents is 1. The van der Waals surface area contributed by atoms with E-state index in [2.05, 4.69) is 4.72 Å². The van der Waals surface area contributed by atoms with Crippen molar-refractivity contribution in [2.45, 2.75) is 25.2 Å². The molecule has 118 valence electrons. The maximum atomic E-state index is 12.2. The van der Waals surface area contributed by atoms with Crippen LogP contribution in [0, 0.1) is 15.5 Å². The molecule has 0 aromatic heterocycles. The molecule has 0 spiro atoms. The van der Waals surface area contributed by atoms with Crippen LogP contribution >= 0.6 is 11.6 Å². The van der Waals surface area contributed by atoms with Gasteiger partial charge in [-0.1, -0.05) is 25.4 Å². The van der Waals surface area contributed by atoms with Gasteiger partial charge in [-0.15, -0.1) is 0 Å². The molecule has 0 aliphatic rings. The summed E-state index contributed by atoms with van der Waals surface area (Å²) >= 11 is 5.81. The van der Waals surface area contributed by atoms with Crippen LogP contribution in [0.15, 0.2) is 23.1 Å². The number of halogens is 1. The van der Waals surface area contributed by atoms with E-state index in [1.807, 2.05) is 13.8 Å². The van der Waals surface area contributed by atoms with Gasteiger partial charge in [-0.2, -0.15) is 0 Å². The lowest BCUT2D eigenvalue weighted by Gasteiger charge is -2.23. The lowest BCUT2D eigenvalue weighted by atomic mass is 9.90. The van der Waals surface area contributed by atoms with Gasteiger partial charge >= 0.3 is 0 Å².